The van der Waals surface area contributed by atoms with Crippen molar-refractivity contribution in [3.8, 4) is 28.7 Å². The summed E-state index contributed by atoms with van der Waals surface area (Å²) in [4.78, 5) is 125. The maximum Gasteiger partial charge on any atom is 0.373 e. The van der Waals surface area contributed by atoms with E-state index >= 15 is 0 Å². The number of phenolic OH excluding ortho intramolecular Hbond substituents is 1. The molecule has 0 radical (unpaired) electrons. The molecule has 0 unspecified atom stereocenters. The van der Waals surface area contributed by atoms with E-state index in [1.807, 2.05) is 103 Å². The highest BCUT2D eigenvalue weighted by molar-refractivity contribution is 6.38. The molecule has 3 aromatic heterocycles. The first-order valence-corrected chi connectivity index (χ1v) is 46.6. The van der Waals surface area contributed by atoms with Gasteiger partial charge in [0, 0.05) is 74.6 Å². The van der Waals surface area contributed by atoms with Gasteiger partial charge in [0.05, 0.1) is 181 Å². The van der Waals surface area contributed by atoms with Gasteiger partial charge in [-0.05, 0) is 183 Å². The van der Waals surface area contributed by atoms with E-state index in [4.69, 9.17) is 176 Å². The number of nitro groups is 2. The number of nitrogens with one attached hydrogen (secondary N) is 3. The summed E-state index contributed by atoms with van der Waals surface area (Å²) in [6.07, 6.45) is 4.55. The highest BCUT2D eigenvalue weighted by Crippen LogP contribution is 2.39. The number of benzene rings is 10. The number of nitro benzene ring substituents is 2. The Kier molecular flexibility index (Phi) is 59.6. The molecule has 0 aliphatic rings. The second kappa shape index (κ2) is 70.9. The van der Waals surface area contributed by atoms with Gasteiger partial charge >= 0.3 is 42.3 Å². The first-order chi connectivity index (χ1) is 70.4. The molecule has 0 saturated heterocycles. The zero-order valence-corrected chi connectivity index (χ0v) is 83.5. The first-order valence-electron chi connectivity index (χ1n) is 44.3. The third-order valence-corrected chi connectivity index (χ3v) is 20.9. The number of carbonyl (C=O) groups is 4. The molecule has 13 rings (SSSR count). The van der Waals surface area contributed by atoms with Gasteiger partial charge in [0.25, 0.3) is 11.4 Å². The Bertz CT molecular complexity index is 6230. The maximum atomic E-state index is 13.2. The van der Waals surface area contributed by atoms with Crippen LogP contribution in [0.3, 0.4) is 0 Å². The maximum absolute atomic E-state index is 13.2. The number of fused-ring (bicyclic) bond motifs is 3. The molecular formula is C102H104Cl6F2N6O30. The average Bonchev–Trinajstić information content (AvgIpc) is 1.66. The van der Waals surface area contributed by atoms with E-state index < -0.39 is 45.4 Å². The Labute approximate surface area is 865 Å². The number of carbonyl (C=O) groups excluding carboxylic acids is 8. The standard InChI is InChI=1S/C27H47N3O13.C24H19Cl2NO3.C17H15NO3.C14H9Cl2FO2.C10H11NO.C7H3Cl2FO2.3CO2/c28-5-7-36-9-11-38-13-15-40-17-19-42-21-23-43-22-20-41-18-16-39-14-12-37-10-8-35-6-1-2-25-3-4-26(29(31)32)24-27(25)30(33)34;1-2-18-10-16-11-19(8-9-22(16)27-18)30-23-20(25)12-17(13-21(23)26)24(28)29-14-15-6-4-3-5-7-15;1-2-13-9-12-10-15(7-8-16(12)18-13)21-14-5-3-11(4-6-14)17(19)20;15-11-6-10(7-12(16)13(11)17)14(18)19-8-9-4-2-1-3-5-9;1-2-8-5-7-6-9(12)3-4-10(7)11-8;8-4-1-3(7(11)12)2-5(9)6(4)10;3*2-1-3/h3-4,24H,1-2,5-23,28H2;3-13,27H,2,14H2,1H3;3-10,18H,2H2,1H3,(H,19,20);1-7H,8H2;3-6,11-12H,2H2,1H3;1-2H,(H,11,12);;;. The number of aromatic amines is 3. The van der Waals surface area contributed by atoms with Gasteiger partial charge in [-0.15, -0.1) is 0 Å². The molecule has 10 aromatic carbocycles. The lowest BCUT2D eigenvalue weighted by atomic mass is 10.1. The number of aromatic carboxylic acids is 2. The van der Waals surface area contributed by atoms with Crippen LogP contribution >= 0.6 is 69.6 Å². The smallest absolute Gasteiger partial charge is 0.373 e. The summed E-state index contributed by atoms with van der Waals surface area (Å²) < 4.78 is 96.6. The summed E-state index contributed by atoms with van der Waals surface area (Å²) in [6.45, 7) is 15.6. The van der Waals surface area contributed by atoms with Crippen LogP contribution in [0.5, 0.6) is 28.7 Å². The number of esters is 2. The predicted octanol–water partition coefficient (Wildman–Crippen LogP) is 21.0. The third kappa shape index (κ3) is 47.0. The number of non-ortho nitro benzene ring substituents is 1. The van der Waals surface area contributed by atoms with Gasteiger partial charge in [0.2, 0.25) is 0 Å². The molecule has 0 fully saturated rings. The van der Waals surface area contributed by atoms with E-state index in [0.717, 1.165) is 92.7 Å². The fourth-order valence-electron chi connectivity index (χ4n) is 12.2. The number of rotatable bonds is 47. The lowest BCUT2D eigenvalue weighted by molar-refractivity contribution is -0.394. The number of nitrogens with two attached hydrogens (primary N) is 1. The molecule has 0 bridgehead atoms. The molecule has 0 aliphatic heterocycles. The van der Waals surface area contributed by atoms with E-state index in [1.165, 1.54) is 59.9 Å². The third-order valence-electron chi connectivity index (χ3n) is 19.2. The number of ether oxygens (including phenoxy) is 13. The van der Waals surface area contributed by atoms with Crippen molar-refractivity contribution in [1.29, 1.82) is 0 Å². The summed E-state index contributed by atoms with van der Waals surface area (Å²) in [6, 6.07) is 59.2. The lowest BCUT2D eigenvalue weighted by Gasteiger charge is -2.12. The van der Waals surface area contributed by atoms with Crippen LogP contribution in [0, 0.1) is 31.9 Å². The number of carboxylic acids is 2. The van der Waals surface area contributed by atoms with Crippen LogP contribution in [-0.2, 0) is 120 Å². The molecular weight excluding hydrogens is 2040 g/mol. The zero-order valence-electron chi connectivity index (χ0n) is 79.0. The molecule has 3 heterocycles. The molecule has 0 saturated carbocycles. The fraction of sp³-hybridized carbons (Fsp3) is 0.284. The summed E-state index contributed by atoms with van der Waals surface area (Å²) >= 11 is 34.6. The number of nitrogens with zero attached hydrogens (tertiary/aromatic N) is 2. The van der Waals surface area contributed by atoms with E-state index in [0.29, 0.717) is 167 Å². The summed E-state index contributed by atoms with van der Waals surface area (Å²) in [5.74, 6) is -2.23. The minimum atomic E-state index is -1.20. The molecule has 13 aromatic rings. The zero-order chi connectivity index (χ0) is 107. The minimum Gasteiger partial charge on any atom is -0.508 e. The van der Waals surface area contributed by atoms with Gasteiger partial charge in [-0.3, -0.25) is 20.2 Å². The van der Waals surface area contributed by atoms with Crippen molar-refractivity contribution >= 4 is 156 Å². The number of aromatic nitrogens is 3. The Morgan fingerprint density at radius 2 is 0.705 bits per heavy atom. The number of phenols is 1. The van der Waals surface area contributed by atoms with Gasteiger partial charge < -0.3 is 97.6 Å². The second-order valence-corrected chi connectivity index (χ2v) is 31.9. The Morgan fingerprint density at radius 3 is 1.05 bits per heavy atom. The van der Waals surface area contributed by atoms with E-state index in [9.17, 15) is 53.3 Å². The molecule has 8 N–H and O–H groups in total. The molecule has 0 amide bonds. The van der Waals surface area contributed by atoms with Gasteiger partial charge in [0.15, 0.2) is 17.4 Å². The van der Waals surface area contributed by atoms with Crippen LogP contribution in [0.4, 0.5) is 20.2 Å². The first kappa shape index (κ1) is 123. The Morgan fingerprint density at radius 1 is 0.377 bits per heavy atom. The topological polar surface area (TPSA) is 511 Å². The number of aromatic hydroxyl groups is 1. The summed E-state index contributed by atoms with van der Waals surface area (Å²) in [7, 11) is 0. The number of aryl methyl sites for hydroxylation is 4. The van der Waals surface area contributed by atoms with Crippen LogP contribution in [0.1, 0.15) is 102 Å². The predicted molar refractivity (Wildman–Crippen MR) is 535 cm³/mol. The van der Waals surface area contributed by atoms with Crippen molar-refractivity contribution < 1.29 is 143 Å². The van der Waals surface area contributed by atoms with Crippen molar-refractivity contribution in [2.24, 2.45) is 5.73 Å². The van der Waals surface area contributed by atoms with Crippen LogP contribution in [-0.4, -0.2) is 208 Å². The Hall–Kier alpha value is -13.8. The largest absolute Gasteiger partial charge is 0.508 e. The van der Waals surface area contributed by atoms with Crippen molar-refractivity contribution in [3.63, 3.8) is 0 Å². The van der Waals surface area contributed by atoms with Crippen LogP contribution in [0.25, 0.3) is 32.7 Å². The molecule has 0 atom stereocenters. The summed E-state index contributed by atoms with van der Waals surface area (Å²) in [5, 5.41) is 51.2. The molecule has 0 aliphatic carbocycles. The molecule has 0 spiro atoms. The quantitative estimate of drug-likeness (QED) is 0.00612. The fourth-order valence-corrected chi connectivity index (χ4v) is 13.8. The highest BCUT2D eigenvalue weighted by atomic mass is 35.5. The number of H-pyrrole nitrogens is 3. The monoisotopic (exact) mass is 2140 g/mol. The van der Waals surface area contributed by atoms with Gasteiger partial charge in [-0.1, -0.05) is 151 Å². The molecule has 146 heavy (non-hydrogen) atoms. The Balaban J connectivity index is 0.000000318. The van der Waals surface area contributed by atoms with Gasteiger partial charge in [-0.25, -0.2) is 28.0 Å². The highest BCUT2D eigenvalue weighted by Gasteiger charge is 2.22. The number of hydrogen-bond acceptors (Lipinski definition) is 29. The van der Waals surface area contributed by atoms with Crippen molar-refractivity contribution in [2.45, 2.75) is 66.1 Å². The van der Waals surface area contributed by atoms with E-state index in [1.54, 1.807) is 24.3 Å². The van der Waals surface area contributed by atoms with Gasteiger partial charge in [0.1, 0.15) is 36.2 Å². The lowest BCUT2D eigenvalue weighted by Crippen LogP contribution is -2.15. The molecule has 778 valence electrons. The van der Waals surface area contributed by atoms with Crippen LogP contribution < -0.4 is 15.2 Å². The molecule has 44 heteroatoms. The van der Waals surface area contributed by atoms with Crippen molar-refractivity contribution in [3.05, 3.63) is 330 Å². The number of carboxylic acid groups (broad SMARTS) is 2. The second-order valence-electron chi connectivity index (χ2n) is 29.4. The number of hydrogen-bond donors (Lipinski definition) is 7. The molecule has 36 nitrogen and oxygen atoms in total. The minimum absolute atomic E-state index is 0.118. The van der Waals surface area contributed by atoms with E-state index in [-0.39, 0.29) is 95.4 Å². The SMILES string of the molecule is CCc1cc2cc(O)ccc2[nH]1.CCc1cc2cc(Oc3c(Cl)cc(C(=O)OCc4ccccc4)cc3Cl)ccc2[nH]1.CCc1cc2cc(Oc3ccc(C(=O)O)cc3)ccc2[nH]1.NCCOCCOCCOCCOCCOCCOCCOCCOCCOCCCc1ccc([N+](=O)[O-])cc1[N+](=O)[O-].O=C(O)c1cc(Cl)c(F)c(Cl)c1.O=C(OCc1ccccc1)c1cc(Cl)c(F)c(Cl)c1.O=C=O.O=C=O.O=C=O. The van der Waals surface area contributed by atoms with Crippen molar-refractivity contribution in [2.75, 3.05) is 125 Å². The van der Waals surface area contributed by atoms with Crippen LogP contribution in [0.2, 0.25) is 30.1 Å². The van der Waals surface area contributed by atoms with Crippen molar-refractivity contribution in [1.82, 2.24) is 15.0 Å². The normalized spacial score (nSPS) is 10.3. The number of halogens is 8. The van der Waals surface area contributed by atoms with E-state index in [2.05, 4.69) is 53.9 Å². The van der Waals surface area contributed by atoms with Gasteiger partial charge in [-0.2, -0.15) is 28.8 Å². The van der Waals surface area contributed by atoms with Crippen LogP contribution in [0.15, 0.2) is 212 Å². The summed E-state index contributed by atoms with van der Waals surface area (Å²) in [5.41, 5.74) is 14.2. The average molecular weight is 2140 g/mol.